The van der Waals surface area contributed by atoms with Crippen LogP contribution in [0.4, 0.5) is 4.39 Å². The predicted octanol–water partition coefficient (Wildman–Crippen LogP) is 2.26. The van der Waals surface area contributed by atoms with Crippen LogP contribution in [0.1, 0.15) is 13.3 Å². The molecule has 0 aliphatic carbocycles. The van der Waals surface area contributed by atoms with Gasteiger partial charge in [-0.15, -0.1) is 0 Å². The maximum Gasteiger partial charge on any atom is 0.188 e. The first kappa shape index (κ1) is 7.19. The van der Waals surface area contributed by atoms with E-state index in [1.807, 2.05) is 25.2 Å². The summed E-state index contributed by atoms with van der Waals surface area (Å²) in [7, 11) is 0. The minimum absolute atomic E-state index is 0.0232. The van der Waals surface area contributed by atoms with Crippen molar-refractivity contribution in [3.8, 4) is 0 Å². The Morgan fingerprint density at radius 1 is 1.60 bits per heavy atom. The number of rotatable bonds is 0. The molecular formula is C8H10FN. The van der Waals surface area contributed by atoms with Crippen molar-refractivity contribution in [3.63, 3.8) is 0 Å². The second-order valence-corrected chi connectivity index (χ2v) is 2.26. The largest absolute Gasteiger partial charge is 0.254 e. The maximum atomic E-state index is 12.5. The molecule has 1 atom stereocenters. The van der Waals surface area contributed by atoms with Gasteiger partial charge in [0.2, 0.25) is 0 Å². The Kier molecular flexibility index (Phi) is 2.37. The molecule has 0 saturated heterocycles. The highest BCUT2D eigenvalue weighted by Crippen LogP contribution is 2.01. The average Bonchev–Trinajstić information content (AvgIpc) is 1.83. The lowest BCUT2D eigenvalue weighted by molar-refractivity contribution is 0.751. The van der Waals surface area contributed by atoms with Crippen LogP contribution in [0.25, 0.3) is 0 Å². The van der Waals surface area contributed by atoms with Crippen LogP contribution in [-0.2, 0) is 0 Å². The topological polar surface area (TPSA) is 12.4 Å². The maximum absolute atomic E-state index is 12.5. The second kappa shape index (κ2) is 3.30. The number of nitrogens with zero attached hydrogens (tertiary/aromatic N) is 1. The lowest BCUT2D eigenvalue weighted by Gasteiger charge is -2.00. The van der Waals surface area contributed by atoms with Crippen molar-refractivity contribution in [2.24, 2.45) is 4.99 Å². The van der Waals surface area contributed by atoms with Gasteiger partial charge in [0, 0.05) is 6.42 Å². The normalized spacial score (nSPS) is 37.0. The number of aliphatic imine (C=N–C) groups is 1. The van der Waals surface area contributed by atoms with E-state index in [0.29, 0.717) is 6.42 Å². The molecule has 0 radical (unpaired) electrons. The SMILES string of the molecule is CC1/C=C/C=C\C/C(F)=N\1. The Balaban J connectivity index is 2.73. The molecule has 1 rings (SSSR count). The fourth-order valence-corrected chi connectivity index (χ4v) is 0.786. The van der Waals surface area contributed by atoms with Gasteiger partial charge in [-0.05, 0) is 6.92 Å². The van der Waals surface area contributed by atoms with Gasteiger partial charge < -0.3 is 0 Å². The summed E-state index contributed by atoms with van der Waals surface area (Å²) in [4.78, 5) is 3.75. The van der Waals surface area contributed by atoms with Gasteiger partial charge in [-0.2, -0.15) is 4.39 Å². The van der Waals surface area contributed by atoms with E-state index in [1.165, 1.54) is 0 Å². The lowest BCUT2D eigenvalue weighted by Crippen LogP contribution is -1.98. The summed E-state index contributed by atoms with van der Waals surface area (Å²) in [5.41, 5.74) is 0. The van der Waals surface area contributed by atoms with Crippen molar-refractivity contribution in [1.82, 2.24) is 0 Å². The second-order valence-electron chi connectivity index (χ2n) is 2.26. The molecule has 10 heavy (non-hydrogen) atoms. The monoisotopic (exact) mass is 139 g/mol. The van der Waals surface area contributed by atoms with E-state index in [0.717, 1.165) is 0 Å². The molecule has 0 aromatic heterocycles. The summed E-state index contributed by atoms with van der Waals surface area (Å²) in [5, 5.41) is 0. The zero-order valence-electron chi connectivity index (χ0n) is 5.92. The zero-order chi connectivity index (χ0) is 7.40. The Hall–Kier alpha value is -0.920. The van der Waals surface area contributed by atoms with Crippen LogP contribution in [0.2, 0.25) is 0 Å². The molecular weight excluding hydrogens is 129 g/mol. The molecule has 1 heterocycles. The number of allylic oxidation sites excluding steroid dienone is 3. The van der Waals surface area contributed by atoms with Crippen LogP contribution >= 0.6 is 0 Å². The number of hydrogen-bond donors (Lipinski definition) is 0. The Bertz CT molecular complexity index is 191. The van der Waals surface area contributed by atoms with Crippen LogP contribution in [0.3, 0.4) is 0 Å². The molecule has 0 saturated carbocycles. The molecule has 0 fully saturated rings. The van der Waals surface area contributed by atoms with Gasteiger partial charge in [0.25, 0.3) is 0 Å². The Morgan fingerprint density at radius 3 is 3.20 bits per heavy atom. The summed E-state index contributed by atoms with van der Waals surface area (Å²) >= 11 is 0. The first-order chi connectivity index (χ1) is 4.79. The third kappa shape index (κ3) is 2.13. The van der Waals surface area contributed by atoms with Gasteiger partial charge in [-0.1, -0.05) is 24.3 Å². The zero-order valence-corrected chi connectivity index (χ0v) is 5.92. The van der Waals surface area contributed by atoms with E-state index in [9.17, 15) is 4.39 Å². The molecule has 0 aromatic carbocycles. The minimum atomic E-state index is -0.284. The van der Waals surface area contributed by atoms with Gasteiger partial charge >= 0.3 is 0 Å². The van der Waals surface area contributed by atoms with Crippen molar-refractivity contribution in [1.29, 1.82) is 0 Å². The third-order valence-corrected chi connectivity index (χ3v) is 1.27. The van der Waals surface area contributed by atoms with Crippen molar-refractivity contribution in [2.75, 3.05) is 0 Å². The van der Waals surface area contributed by atoms with Crippen molar-refractivity contribution in [2.45, 2.75) is 19.4 Å². The molecule has 1 aliphatic heterocycles. The molecule has 54 valence electrons. The Morgan fingerprint density at radius 2 is 2.40 bits per heavy atom. The van der Waals surface area contributed by atoms with E-state index < -0.39 is 0 Å². The van der Waals surface area contributed by atoms with E-state index in [4.69, 9.17) is 0 Å². The van der Waals surface area contributed by atoms with Crippen LogP contribution < -0.4 is 0 Å². The summed E-state index contributed by atoms with van der Waals surface area (Å²) in [5.74, 6) is -0.284. The fraction of sp³-hybridized carbons (Fsp3) is 0.375. The smallest absolute Gasteiger partial charge is 0.188 e. The summed E-state index contributed by atoms with van der Waals surface area (Å²) in [6.45, 7) is 1.86. The first-order valence-electron chi connectivity index (χ1n) is 3.34. The highest BCUT2D eigenvalue weighted by atomic mass is 19.1. The van der Waals surface area contributed by atoms with Gasteiger partial charge in [-0.25, -0.2) is 0 Å². The first-order valence-corrected chi connectivity index (χ1v) is 3.34. The molecule has 1 nitrogen and oxygen atoms in total. The average molecular weight is 139 g/mol. The Labute approximate surface area is 60.0 Å². The summed E-state index contributed by atoms with van der Waals surface area (Å²) in [6.07, 6.45) is 7.66. The van der Waals surface area contributed by atoms with Gasteiger partial charge in [0.1, 0.15) is 0 Å². The fourth-order valence-electron chi connectivity index (χ4n) is 0.786. The number of halogens is 1. The van der Waals surface area contributed by atoms with E-state index >= 15 is 0 Å². The van der Waals surface area contributed by atoms with Crippen LogP contribution in [0.5, 0.6) is 0 Å². The van der Waals surface area contributed by atoms with Gasteiger partial charge in [-0.3, -0.25) is 4.99 Å². The van der Waals surface area contributed by atoms with Crippen LogP contribution in [-0.4, -0.2) is 12.0 Å². The van der Waals surface area contributed by atoms with Gasteiger partial charge in [0.05, 0.1) is 6.04 Å². The highest BCUT2D eigenvalue weighted by Gasteiger charge is 1.98. The molecule has 0 aromatic rings. The quantitative estimate of drug-likeness (QED) is 0.488. The van der Waals surface area contributed by atoms with Crippen LogP contribution in [0, 0.1) is 0 Å². The summed E-state index contributed by atoms with van der Waals surface area (Å²) in [6, 6.07) is -0.0232. The number of hydrogen-bond acceptors (Lipinski definition) is 1. The third-order valence-electron chi connectivity index (χ3n) is 1.27. The van der Waals surface area contributed by atoms with Crippen LogP contribution in [0.15, 0.2) is 29.3 Å². The minimum Gasteiger partial charge on any atom is -0.254 e. The van der Waals surface area contributed by atoms with E-state index in [2.05, 4.69) is 4.99 Å². The van der Waals surface area contributed by atoms with Crippen molar-refractivity contribution >= 4 is 5.97 Å². The molecule has 2 heteroatoms. The predicted molar refractivity (Wildman–Crippen MR) is 40.9 cm³/mol. The van der Waals surface area contributed by atoms with Gasteiger partial charge in [0.15, 0.2) is 5.97 Å². The molecule has 1 aliphatic rings. The van der Waals surface area contributed by atoms with E-state index in [1.54, 1.807) is 6.08 Å². The van der Waals surface area contributed by atoms with Crippen molar-refractivity contribution < 1.29 is 4.39 Å². The molecule has 0 bridgehead atoms. The molecule has 1 unspecified atom stereocenters. The van der Waals surface area contributed by atoms with Crippen molar-refractivity contribution in [3.05, 3.63) is 24.3 Å². The summed E-state index contributed by atoms with van der Waals surface area (Å²) < 4.78 is 12.5. The lowest BCUT2D eigenvalue weighted by atomic mass is 10.2. The van der Waals surface area contributed by atoms with E-state index in [-0.39, 0.29) is 12.0 Å². The molecule has 0 N–H and O–H groups in total. The standard InChI is InChI=1S/C8H10FN/c1-7-5-3-2-4-6-8(9)10-7/h2-5,7H,6H2,1H3/b4-2-,5-3+,10-8+. The highest BCUT2D eigenvalue weighted by molar-refractivity contribution is 5.76. The molecule has 0 amide bonds. The molecule has 0 spiro atoms.